The van der Waals surface area contributed by atoms with Crippen molar-refractivity contribution >= 4 is 0 Å². The summed E-state index contributed by atoms with van der Waals surface area (Å²) >= 11 is 0. The van der Waals surface area contributed by atoms with E-state index in [9.17, 15) is 35.7 Å². The van der Waals surface area contributed by atoms with Crippen LogP contribution in [0.1, 0.15) is 6.42 Å². The van der Waals surface area contributed by atoms with Crippen LogP contribution in [0.25, 0.3) is 0 Å². The first kappa shape index (κ1) is 34.1. The molecule has 0 aromatic carbocycles. The molecule has 0 aromatic rings. The fourth-order valence-corrected chi connectivity index (χ4v) is 5.74. The molecule has 0 spiro atoms. The van der Waals surface area contributed by atoms with Crippen LogP contribution in [0.2, 0.25) is 0 Å². The normalized spacial score (nSPS) is 53.8. The first-order chi connectivity index (χ1) is 19.8. The number of ether oxygens (including phenoxy) is 6. The van der Waals surface area contributed by atoms with Crippen molar-refractivity contribution in [2.24, 2.45) is 34.4 Å². The maximum Gasteiger partial charge on any atom is 0.187 e. The van der Waals surface area contributed by atoms with Gasteiger partial charge in [0.1, 0.15) is 67.1 Å². The summed E-state index contributed by atoms with van der Waals surface area (Å²) in [5.41, 5.74) is 35.6. The minimum absolute atomic E-state index is 0.0889. The van der Waals surface area contributed by atoms with E-state index in [-0.39, 0.29) is 19.5 Å². The number of aliphatic hydroxyl groups excluding tert-OH is 7. The SMILES string of the molecule is NCC1O[C@@H](O[C@H]2C(N)C[C@@H](N)C(O)[C@H]2O[C@@H]2O[C@H](CO)[C@H](OC3O[C@@H](CN)C(O)C(O)[C@H]3N)C2O)C(N)[C@@H](O)[C@H]1O. The van der Waals surface area contributed by atoms with Crippen LogP contribution in [0, 0.1) is 0 Å². The van der Waals surface area contributed by atoms with Crippen molar-refractivity contribution in [3.63, 3.8) is 0 Å². The van der Waals surface area contributed by atoms with Gasteiger partial charge in [0.05, 0.1) is 24.8 Å². The highest BCUT2D eigenvalue weighted by molar-refractivity contribution is 5.02. The third-order valence-electron chi connectivity index (χ3n) is 8.37. The molecule has 19 heteroatoms. The van der Waals surface area contributed by atoms with Gasteiger partial charge in [0.15, 0.2) is 18.9 Å². The van der Waals surface area contributed by atoms with Gasteiger partial charge >= 0.3 is 0 Å². The Morgan fingerprint density at radius 3 is 1.45 bits per heavy atom. The van der Waals surface area contributed by atoms with E-state index < -0.39 is 123 Å². The molecule has 1 saturated carbocycles. The average molecular weight is 615 g/mol. The van der Waals surface area contributed by atoms with E-state index in [1.807, 2.05) is 0 Å². The van der Waals surface area contributed by atoms with Gasteiger partial charge in [-0.15, -0.1) is 0 Å². The van der Waals surface area contributed by atoms with Crippen LogP contribution in [0.3, 0.4) is 0 Å². The summed E-state index contributed by atoms with van der Waals surface area (Å²) in [6.45, 7) is -0.967. The Balaban J connectivity index is 1.50. The zero-order valence-corrected chi connectivity index (χ0v) is 22.8. The third-order valence-corrected chi connectivity index (χ3v) is 8.37. The van der Waals surface area contributed by atoms with Gasteiger partial charge < -0.3 is 98.6 Å². The Bertz CT molecular complexity index is 868. The smallest absolute Gasteiger partial charge is 0.187 e. The number of nitrogens with two attached hydrogens (primary N) is 6. The fraction of sp³-hybridized carbons (Fsp3) is 1.00. The van der Waals surface area contributed by atoms with Crippen LogP contribution < -0.4 is 34.4 Å². The molecule has 19 atom stereocenters. The number of hydrogen-bond acceptors (Lipinski definition) is 19. The van der Waals surface area contributed by atoms with Crippen molar-refractivity contribution in [3.8, 4) is 0 Å². The number of aliphatic hydroxyl groups is 7. The summed E-state index contributed by atoms with van der Waals surface area (Å²) in [5.74, 6) is 0. The quantitative estimate of drug-likeness (QED) is 0.115. The largest absolute Gasteiger partial charge is 0.394 e. The van der Waals surface area contributed by atoms with Gasteiger partial charge in [0, 0.05) is 25.2 Å². The zero-order valence-electron chi connectivity index (χ0n) is 22.8. The second-order valence-corrected chi connectivity index (χ2v) is 11.2. The highest BCUT2D eigenvalue weighted by Crippen LogP contribution is 2.34. The summed E-state index contributed by atoms with van der Waals surface area (Å²) < 4.78 is 34.6. The lowest BCUT2D eigenvalue weighted by atomic mass is 9.84. The van der Waals surface area contributed by atoms with Crippen molar-refractivity contribution in [3.05, 3.63) is 0 Å². The van der Waals surface area contributed by atoms with Gasteiger partial charge in [-0.25, -0.2) is 0 Å². The third kappa shape index (κ3) is 6.60. The molecule has 4 aliphatic rings. The summed E-state index contributed by atoms with van der Waals surface area (Å²) in [6, 6.07) is -4.18. The van der Waals surface area contributed by atoms with Gasteiger partial charge in [-0.3, -0.25) is 0 Å². The molecule has 0 aromatic heterocycles. The molecule has 3 aliphatic heterocycles. The van der Waals surface area contributed by atoms with E-state index >= 15 is 0 Å². The van der Waals surface area contributed by atoms with E-state index in [1.54, 1.807) is 0 Å². The Morgan fingerprint density at radius 2 is 0.976 bits per heavy atom. The molecule has 42 heavy (non-hydrogen) atoms. The van der Waals surface area contributed by atoms with E-state index in [2.05, 4.69) is 0 Å². The molecule has 0 amide bonds. The van der Waals surface area contributed by atoms with E-state index in [1.165, 1.54) is 0 Å². The van der Waals surface area contributed by atoms with E-state index in [0.29, 0.717) is 0 Å². The lowest BCUT2D eigenvalue weighted by Gasteiger charge is -2.47. The molecule has 4 rings (SSSR count). The first-order valence-corrected chi connectivity index (χ1v) is 13.9. The Morgan fingerprint density at radius 1 is 0.524 bits per heavy atom. The van der Waals surface area contributed by atoms with E-state index in [0.717, 1.165) is 0 Å². The minimum Gasteiger partial charge on any atom is -0.394 e. The zero-order chi connectivity index (χ0) is 31.0. The van der Waals surface area contributed by atoms with Crippen molar-refractivity contribution in [2.45, 2.75) is 123 Å². The molecular formula is C23H46N6O13. The van der Waals surface area contributed by atoms with Crippen molar-refractivity contribution in [1.29, 1.82) is 0 Å². The fourth-order valence-electron chi connectivity index (χ4n) is 5.74. The molecule has 246 valence electrons. The summed E-state index contributed by atoms with van der Waals surface area (Å²) in [7, 11) is 0. The maximum atomic E-state index is 11.1. The molecule has 0 radical (unpaired) electrons. The van der Waals surface area contributed by atoms with Gasteiger partial charge in [0.25, 0.3) is 0 Å². The van der Waals surface area contributed by atoms with Gasteiger partial charge in [-0.05, 0) is 6.42 Å². The maximum absolute atomic E-state index is 11.1. The second kappa shape index (κ2) is 14.1. The summed E-state index contributed by atoms with van der Waals surface area (Å²) in [5, 5.41) is 73.0. The first-order valence-electron chi connectivity index (χ1n) is 13.9. The van der Waals surface area contributed by atoms with Crippen molar-refractivity contribution in [2.75, 3.05) is 19.7 Å². The second-order valence-electron chi connectivity index (χ2n) is 11.2. The highest BCUT2D eigenvalue weighted by Gasteiger charge is 2.54. The lowest BCUT2D eigenvalue weighted by Crippen LogP contribution is -2.68. The summed E-state index contributed by atoms with van der Waals surface area (Å²) in [4.78, 5) is 0. The lowest BCUT2D eigenvalue weighted by molar-refractivity contribution is -0.306. The molecule has 4 fully saturated rings. The predicted octanol–water partition coefficient (Wildman–Crippen LogP) is -8.90. The highest BCUT2D eigenvalue weighted by atomic mass is 16.8. The number of hydrogen-bond donors (Lipinski definition) is 13. The predicted molar refractivity (Wildman–Crippen MR) is 138 cm³/mol. The van der Waals surface area contributed by atoms with Crippen LogP contribution >= 0.6 is 0 Å². The molecule has 3 heterocycles. The topological polar surface area (TPSA) is 353 Å². The van der Waals surface area contributed by atoms with Crippen molar-refractivity contribution < 1.29 is 64.2 Å². The average Bonchev–Trinajstić information content (AvgIpc) is 3.27. The Kier molecular flexibility index (Phi) is 11.5. The van der Waals surface area contributed by atoms with Crippen LogP contribution in [0.15, 0.2) is 0 Å². The molecule has 1 aliphatic carbocycles. The molecular weight excluding hydrogens is 568 g/mol. The molecule has 3 saturated heterocycles. The van der Waals surface area contributed by atoms with Crippen LogP contribution in [-0.2, 0) is 28.4 Å². The van der Waals surface area contributed by atoms with Crippen LogP contribution in [-0.4, -0.2) is 172 Å². The molecule has 8 unspecified atom stereocenters. The van der Waals surface area contributed by atoms with E-state index in [4.69, 9.17) is 62.8 Å². The van der Waals surface area contributed by atoms with Crippen LogP contribution in [0.5, 0.6) is 0 Å². The Hall–Kier alpha value is -0.760. The van der Waals surface area contributed by atoms with Gasteiger partial charge in [-0.2, -0.15) is 0 Å². The number of rotatable bonds is 9. The standard InChI is InChI=1S/C23H46N6O13/c24-2-7-13(32)15(34)10(28)21(37-7)40-18-6(27)1-5(26)12(31)20(18)42-23-17(36)19(9(4-30)39-23)41-22-11(29)16(35)14(33)8(3-25)38-22/h5-23,30-36H,1-4,24-29H2/t5-,6?,7?,8+,9-,10?,11-,12?,13+,14?,15-,16?,17?,18+,19+,20-,21+,22?,23+/m1/s1. The van der Waals surface area contributed by atoms with Crippen LogP contribution in [0.4, 0.5) is 0 Å². The van der Waals surface area contributed by atoms with Crippen molar-refractivity contribution in [1.82, 2.24) is 0 Å². The van der Waals surface area contributed by atoms with Gasteiger partial charge in [0.2, 0.25) is 0 Å². The molecule has 19 nitrogen and oxygen atoms in total. The van der Waals surface area contributed by atoms with Gasteiger partial charge in [-0.1, -0.05) is 0 Å². The molecule has 19 N–H and O–H groups in total. The summed E-state index contributed by atoms with van der Waals surface area (Å²) in [6.07, 6.45) is -19.8. The Labute approximate surface area is 241 Å². The molecule has 0 bridgehead atoms. The minimum atomic E-state index is -1.60. The monoisotopic (exact) mass is 614 g/mol.